The summed E-state index contributed by atoms with van der Waals surface area (Å²) in [5, 5.41) is 17.9. The summed E-state index contributed by atoms with van der Waals surface area (Å²) >= 11 is 0. The lowest BCUT2D eigenvalue weighted by Gasteiger charge is -2.06. The maximum Gasteiger partial charge on any atom is 0.488 e. The summed E-state index contributed by atoms with van der Waals surface area (Å²) in [5.41, 5.74) is 2.44. The Kier molecular flexibility index (Phi) is 3.48. The lowest BCUT2D eigenvalue weighted by molar-refractivity contribution is 0.185. The predicted octanol–water partition coefficient (Wildman–Crippen LogP) is -0.179. The van der Waals surface area contributed by atoms with Crippen molar-refractivity contribution in [2.45, 2.75) is 13.5 Å². The van der Waals surface area contributed by atoms with Crippen LogP contribution in [0, 0.1) is 6.92 Å². The lowest BCUT2D eigenvalue weighted by Crippen LogP contribution is -2.32. The van der Waals surface area contributed by atoms with Crippen molar-refractivity contribution in [3.05, 3.63) is 29.3 Å². The molecule has 1 aromatic carbocycles. The molecule has 1 rings (SSSR count). The van der Waals surface area contributed by atoms with Crippen molar-refractivity contribution in [3.8, 4) is 0 Å². The molecule has 3 nitrogen and oxygen atoms in total. The number of hydrogen-bond acceptors (Lipinski definition) is 3. The van der Waals surface area contributed by atoms with Gasteiger partial charge in [0.25, 0.3) is 0 Å². The number of rotatable bonds is 3. The van der Waals surface area contributed by atoms with E-state index in [9.17, 15) is 0 Å². The van der Waals surface area contributed by atoms with Crippen LogP contribution in [0.4, 0.5) is 0 Å². The van der Waals surface area contributed by atoms with Gasteiger partial charge in [-0.3, -0.25) is 0 Å². The summed E-state index contributed by atoms with van der Waals surface area (Å²) in [4.78, 5) is 0. The zero-order valence-corrected chi connectivity index (χ0v) is 7.82. The highest BCUT2D eigenvalue weighted by Crippen LogP contribution is 2.03. The van der Waals surface area contributed by atoms with E-state index in [1.807, 2.05) is 19.1 Å². The van der Waals surface area contributed by atoms with Crippen LogP contribution in [0.15, 0.2) is 18.2 Å². The van der Waals surface area contributed by atoms with Gasteiger partial charge in [0.1, 0.15) is 0 Å². The summed E-state index contributed by atoms with van der Waals surface area (Å²) in [7, 11) is 0.237. The van der Waals surface area contributed by atoms with Gasteiger partial charge in [-0.2, -0.15) is 0 Å². The minimum atomic E-state index is -1.39. The smallest absolute Gasteiger partial charge is 0.423 e. The molecule has 0 saturated carbocycles. The molecule has 0 saturated heterocycles. The summed E-state index contributed by atoms with van der Waals surface area (Å²) in [6.07, 6.45) is 0. The van der Waals surface area contributed by atoms with Gasteiger partial charge < -0.3 is 14.8 Å². The van der Waals surface area contributed by atoms with Crippen LogP contribution < -0.4 is 5.46 Å². The van der Waals surface area contributed by atoms with Gasteiger partial charge in [-0.05, 0) is 17.9 Å². The molecule has 0 unspecified atom stereocenters. The van der Waals surface area contributed by atoms with Crippen LogP contribution in [0.2, 0.25) is 0 Å². The molecule has 0 aliphatic heterocycles. The zero-order chi connectivity index (χ0) is 9.84. The van der Waals surface area contributed by atoms with Gasteiger partial charge >= 0.3 is 7.12 Å². The largest absolute Gasteiger partial charge is 0.488 e. The molecule has 2 N–H and O–H groups in total. The van der Waals surface area contributed by atoms with Crippen molar-refractivity contribution in [2.24, 2.45) is 0 Å². The number of benzene rings is 1. The maximum absolute atomic E-state index is 8.95. The first-order valence-electron chi connectivity index (χ1n) is 4.09. The maximum atomic E-state index is 8.95. The predicted molar refractivity (Wildman–Crippen MR) is 51.7 cm³/mol. The van der Waals surface area contributed by atoms with E-state index >= 15 is 0 Å². The van der Waals surface area contributed by atoms with Crippen molar-refractivity contribution < 1.29 is 14.8 Å². The van der Waals surface area contributed by atoms with Crippen molar-refractivity contribution in [3.63, 3.8) is 0 Å². The second-order valence-corrected chi connectivity index (χ2v) is 3.00. The Balaban J connectivity index is 2.92. The van der Waals surface area contributed by atoms with Crippen LogP contribution in [0.3, 0.4) is 0 Å². The Morgan fingerprint density at radius 3 is 2.54 bits per heavy atom. The fraction of sp³-hybridized carbons (Fsp3) is 0.333. The van der Waals surface area contributed by atoms with Gasteiger partial charge in [0.15, 0.2) is 0 Å². The Morgan fingerprint density at radius 2 is 2.08 bits per heavy atom. The molecule has 0 aliphatic rings. The third-order valence-corrected chi connectivity index (χ3v) is 1.92. The van der Waals surface area contributed by atoms with Gasteiger partial charge in [-0.1, -0.05) is 23.8 Å². The third kappa shape index (κ3) is 2.55. The van der Waals surface area contributed by atoms with E-state index in [1.165, 1.54) is 0 Å². The lowest BCUT2D eigenvalue weighted by atomic mass is 9.77. The normalized spacial score (nSPS) is 10.2. The van der Waals surface area contributed by atoms with E-state index in [2.05, 4.69) is 0 Å². The van der Waals surface area contributed by atoms with E-state index in [-0.39, 0.29) is 0 Å². The first-order chi connectivity index (χ1) is 6.15. The van der Waals surface area contributed by atoms with E-state index in [0.717, 1.165) is 11.1 Å². The number of aryl methyl sites for hydroxylation is 1. The van der Waals surface area contributed by atoms with Gasteiger partial charge in [-0.15, -0.1) is 0 Å². The van der Waals surface area contributed by atoms with Crippen LogP contribution >= 0.6 is 0 Å². The summed E-state index contributed by atoms with van der Waals surface area (Å²) in [5.74, 6) is 0. The Labute approximate surface area is 78.1 Å². The molecule has 13 heavy (non-hydrogen) atoms. The molecule has 70 valence electrons. The molecule has 0 heterocycles. The third-order valence-electron chi connectivity index (χ3n) is 1.92. The zero-order valence-electron chi connectivity index (χ0n) is 7.82. The first kappa shape index (κ1) is 10.2. The second-order valence-electron chi connectivity index (χ2n) is 3.00. The minimum Gasteiger partial charge on any atom is -0.423 e. The molecule has 0 atom stereocenters. The molecular formula is C9H13BO3. The Bertz CT molecular complexity index is 286. The average Bonchev–Trinajstić information content (AvgIpc) is 2.04. The summed E-state index contributed by atoms with van der Waals surface area (Å²) < 4.78 is 4.96. The standard InChI is InChI=1S/C9H13BO3/c1-7-5-8(6-13-2)3-4-9(7)10(11)12/h3-5,11-12H,6H2,1-2H3. The van der Waals surface area contributed by atoms with Gasteiger partial charge in [-0.25, -0.2) is 0 Å². The topological polar surface area (TPSA) is 49.7 Å². The summed E-state index contributed by atoms with van der Waals surface area (Å²) in [6, 6.07) is 5.41. The monoisotopic (exact) mass is 180 g/mol. The van der Waals surface area contributed by atoms with Crippen molar-refractivity contribution in [1.82, 2.24) is 0 Å². The van der Waals surface area contributed by atoms with Gasteiger partial charge in [0.2, 0.25) is 0 Å². The number of hydrogen-bond donors (Lipinski definition) is 2. The highest BCUT2D eigenvalue weighted by Gasteiger charge is 2.13. The van der Waals surface area contributed by atoms with Crippen LogP contribution in [0.25, 0.3) is 0 Å². The molecule has 4 heteroatoms. The van der Waals surface area contributed by atoms with E-state index in [1.54, 1.807) is 13.2 Å². The molecule has 0 amide bonds. The fourth-order valence-corrected chi connectivity index (χ4v) is 1.28. The van der Waals surface area contributed by atoms with Crippen LogP contribution in [0.1, 0.15) is 11.1 Å². The van der Waals surface area contributed by atoms with Crippen molar-refractivity contribution in [1.29, 1.82) is 0 Å². The van der Waals surface area contributed by atoms with Crippen molar-refractivity contribution >= 4 is 12.6 Å². The average molecular weight is 180 g/mol. The number of ether oxygens (including phenoxy) is 1. The highest BCUT2D eigenvalue weighted by atomic mass is 16.5. The fourth-order valence-electron chi connectivity index (χ4n) is 1.28. The molecule has 0 fully saturated rings. The van der Waals surface area contributed by atoms with Gasteiger partial charge in [0.05, 0.1) is 6.61 Å². The quantitative estimate of drug-likeness (QED) is 0.634. The number of methoxy groups -OCH3 is 1. The second kappa shape index (κ2) is 4.41. The molecule has 0 radical (unpaired) electrons. The Hall–Kier alpha value is -0.835. The highest BCUT2D eigenvalue weighted by molar-refractivity contribution is 6.59. The van der Waals surface area contributed by atoms with Crippen molar-refractivity contribution in [2.75, 3.05) is 7.11 Å². The molecule has 0 aliphatic carbocycles. The Morgan fingerprint density at radius 1 is 1.38 bits per heavy atom. The van der Waals surface area contributed by atoms with Crippen LogP contribution in [-0.4, -0.2) is 24.3 Å². The molecular weight excluding hydrogens is 167 g/mol. The molecule has 1 aromatic rings. The van der Waals surface area contributed by atoms with Crippen LogP contribution in [-0.2, 0) is 11.3 Å². The minimum absolute atomic E-state index is 0.542. The van der Waals surface area contributed by atoms with E-state index in [0.29, 0.717) is 12.1 Å². The van der Waals surface area contributed by atoms with Crippen LogP contribution in [0.5, 0.6) is 0 Å². The van der Waals surface area contributed by atoms with E-state index in [4.69, 9.17) is 14.8 Å². The summed E-state index contributed by atoms with van der Waals surface area (Å²) in [6.45, 7) is 2.39. The SMILES string of the molecule is COCc1ccc(B(O)O)c(C)c1. The molecule has 0 spiro atoms. The van der Waals surface area contributed by atoms with E-state index < -0.39 is 7.12 Å². The molecule has 0 aromatic heterocycles. The first-order valence-corrected chi connectivity index (χ1v) is 4.09. The van der Waals surface area contributed by atoms with Gasteiger partial charge in [0, 0.05) is 7.11 Å². The molecule has 0 bridgehead atoms.